The molecule has 18 heavy (non-hydrogen) atoms. The Bertz CT molecular complexity index is 390. The molecule has 102 valence electrons. The number of halogens is 3. The first-order chi connectivity index (χ1) is 8.42. The molecule has 0 aliphatic heterocycles. The van der Waals surface area contributed by atoms with E-state index < -0.39 is 18.5 Å². The van der Waals surface area contributed by atoms with Crippen molar-refractivity contribution in [3.8, 4) is 0 Å². The fourth-order valence-electron chi connectivity index (χ4n) is 1.20. The zero-order valence-corrected chi connectivity index (χ0v) is 9.42. The Morgan fingerprint density at radius 2 is 2.17 bits per heavy atom. The molecule has 5 nitrogen and oxygen atoms in total. The summed E-state index contributed by atoms with van der Waals surface area (Å²) in [5, 5.41) is 0. The van der Waals surface area contributed by atoms with E-state index in [1.807, 2.05) is 5.43 Å². The zero-order chi connectivity index (χ0) is 13.6. The van der Waals surface area contributed by atoms with Crippen LogP contribution in [-0.2, 0) is 11.3 Å². The van der Waals surface area contributed by atoms with Crippen molar-refractivity contribution in [2.75, 3.05) is 6.61 Å². The van der Waals surface area contributed by atoms with E-state index in [1.54, 1.807) is 0 Å². The summed E-state index contributed by atoms with van der Waals surface area (Å²) < 4.78 is 45.4. The second-order valence-corrected chi connectivity index (χ2v) is 3.51. The van der Waals surface area contributed by atoms with Crippen LogP contribution in [0.4, 0.5) is 13.2 Å². The van der Waals surface area contributed by atoms with E-state index in [0.29, 0.717) is 5.76 Å². The highest BCUT2D eigenvalue weighted by Crippen LogP contribution is 2.21. The highest BCUT2D eigenvalue weighted by Gasteiger charge is 2.25. The third-order valence-corrected chi connectivity index (χ3v) is 2.01. The van der Waals surface area contributed by atoms with Gasteiger partial charge in [-0.1, -0.05) is 0 Å². The maximum atomic E-state index is 11.8. The summed E-state index contributed by atoms with van der Waals surface area (Å²) in [6.07, 6.45) is -5.16. The molecule has 1 aromatic heterocycles. The highest BCUT2D eigenvalue weighted by molar-refractivity contribution is 5.90. The molecule has 1 amide bonds. The predicted octanol–water partition coefficient (Wildman–Crippen LogP) is 1.74. The number of ether oxygens (including phenoxy) is 1. The number of alkyl halides is 3. The van der Waals surface area contributed by atoms with Crippen LogP contribution in [0.2, 0.25) is 0 Å². The maximum absolute atomic E-state index is 11.8. The lowest BCUT2D eigenvalue weighted by atomic mass is 10.3. The van der Waals surface area contributed by atoms with Crippen LogP contribution < -0.4 is 11.3 Å². The molecule has 0 aromatic carbocycles. The fraction of sp³-hybridized carbons (Fsp3) is 0.500. The van der Waals surface area contributed by atoms with Crippen molar-refractivity contribution < 1.29 is 27.1 Å². The first-order valence-electron chi connectivity index (χ1n) is 5.16. The minimum absolute atomic E-state index is 0.00963. The lowest BCUT2D eigenvalue weighted by Crippen LogP contribution is -2.29. The van der Waals surface area contributed by atoms with Gasteiger partial charge in [-0.15, -0.1) is 0 Å². The van der Waals surface area contributed by atoms with Crippen molar-refractivity contribution in [1.29, 1.82) is 0 Å². The highest BCUT2D eigenvalue weighted by atomic mass is 19.4. The molecule has 0 bridgehead atoms. The van der Waals surface area contributed by atoms with Crippen molar-refractivity contribution in [2.24, 2.45) is 5.84 Å². The van der Waals surface area contributed by atoms with E-state index in [0.717, 1.165) is 0 Å². The summed E-state index contributed by atoms with van der Waals surface area (Å²) in [5.74, 6) is 4.68. The number of carbonyl (C=O) groups is 1. The monoisotopic (exact) mass is 266 g/mol. The molecule has 0 saturated heterocycles. The van der Waals surface area contributed by atoms with Crippen molar-refractivity contribution in [2.45, 2.75) is 25.6 Å². The van der Waals surface area contributed by atoms with Gasteiger partial charge in [0.25, 0.3) is 0 Å². The van der Waals surface area contributed by atoms with Crippen LogP contribution >= 0.6 is 0 Å². The van der Waals surface area contributed by atoms with E-state index in [4.69, 9.17) is 15.0 Å². The third kappa shape index (κ3) is 5.19. The number of rotatable bonds is 6. The largest absolute Gasteiger partial charge is 0.453 e. The van der Waals surface area contributed by atoms with E-state index >= 15 is 0 Å². The van der Waals surface area contributed by atoms with Crippen LogP contribution in [-0.4, -0.2) is 18.7 Å². The lowest BCUT2D eigenvalue weighted by Gasteiger charge is -2.05. The number of furan rings is 1. The molecular weight excluding hydrogens is 253 g/mol. The SMILES string of the molecule is NNC(=O)c1ccc(COCCCC(F)(F)F)o1. The number of hydrogen-bond donors (Lipinski definition) is 2. The molecule has 0 radical (unpaired) electrons. The minimum atomic E-state index is -4.17. The summed E-state index contributed by atoms with van der Waals surface area (Å²) in [6.45, 7) is -0.0195. The van der Waals surface area contributed by atoms with E-state index in [9.17, 15) is 18.0 Å². The first kappa shape index (κ1) is 14.5. The molecule has 0 unspecified atom stereocenters. The van der Waals surface area contributed by atoms with Gasteiger partial charge in [-0.25, -0.2) is 5.84 Å². The van der Waals surface area contributed by atoms with Gasteiger partial charge >= 0.3 is 12.1 Å². The number of hydrogen-bond acceptors (Lipinski definition) is 4. The Morgan fingerprint density at radius 1 is 1.44 bits per heavy atom. The van der Waals surface area contributed by atoms with Crippen LogP contribution in [0.5, 0.6) is 0 Å². The lowest BCUT2D eigenvalue weighted by molar-refractivity contribution is -0.138. The molecule has 1 aromatic rings. The molecular formula is C10H13F3N2O3. The summed E-state index contributed by atoms with van der Waals surface area (Å²) in [4.78, 5) is 11.0. The van der Waals surface area contributed by atoms with Crippen LogP contribution in [0.25, 0.3) is 0 Å². The van der Waals surface area contributed by atoms with Gasteiger partial charge in [0, 0.05) is 13.0 Å². The van der Waals surface area contributed by atoms with Gasteiger partial charge in [0.05, 0.1) is 0 Å². The van der Waals surface area contributed by atoms with Crippen LogP contribution in [0.1, 0.15) is 29.2 Å². The second kappa shape index (κ2) is 6.41. The number of nitrogens with one attached hydrogen (secondary N) is 1. The molecule has 1 heterocycles. The van der Waals surface area contributed by atoms with Crippen LogP contribution in [0.15, 0.2) is 16.5 Å². The van der Waals surface area contributed by atoms with Crippen molar-refractivity contribution in [1.82, 2.24) is 5.43 Å². The number of amides is 1. The van der Waals surface area contributed by atoms with Gasteiger partial charge in [0.15, 0.2) is 5.76 Å². The predicted molar refractivity (Wildman–Crippen MR) is 55.3 cm³/mol. The van der Waals surface area contributed by atoms with Gasteiger partial charge in [0.2, 0.25) is 0 Å². The molecule has 1 rings (SSSR count). The summed E-state index contributed by atoms with van der Waals surface area (Å²) in [7, 11) is 0. The van der Waals surface area contributed by atoms with Crippen LogP contribution in [0.3, 0.4) is 0 Å². The summed E-state index contributed by atoms with van der Waals surface area (Å²) in [6, 6.07) is 2.89. The average Bonchev–Trinajstić information content (AvgIpc) is 2.75. The molecule has 3 N–H and O–H groups in total. The van der Waals surface area contributed by atoms with Gasteiger partial charge in [-0.3, -0.25) is 10.2 Å². The second-order valence-electron chi connectivity index (χ2n) is 3.51. The topological polar surface area (TPSA) is 77.5 Å². The molecule has 0 spiro atoms. The van der Waals surface area contributed by atoms with Gasteiger partial charge in [-0.2, -0.15) is 13.2 Å². The standard InChI is InChI=1S/C10H13F3N2O3/c11-10(12,13)4-1-5-17-6-7-2-3-8(18-7)9(16)15-14/h2-3H,1,4-6,14H2,(H,15,16). The first-order valence-corrected chi connectivity index (χ1v) is 5.16. The average molecular weight is 266 g/mol. The normalized spacial score (nSPS) is 11.6. The Balaban J connectivity index is 2.24. The summed E-state index contributed by atoms with van der Waals surface area (Å²) in [5.41, 5.74) is 1.89. The Kier molecular flexibility index (Phi) is 5.17. The van der Waals surface area contributed by atoms with Crippen molar-refractivity contribution in [3.63, 3.8) is 0 Å². The molecule has 0 fully saturated rings. The molecule has 0 saturated carbocycles. The Labute approximate surface area is 101 Å². The van der Waals surface area contributed by atoms with Crippen molar-refractivity contribution in [3.05, 3.63) is 23.7 Å². The fourth-order valence-corrected chi connectivity index (χ4v) is 1.20. The zero-order valence-electron chi connectivity index (χ0n) is 9.42. The van der Waals surface area contributed by atoms with Crippen molar-refractivity contribution >= 4 is 5.91 Å². The number of hydrazine groups is 1. The van der Waals surface area contributed by atoms with Crippen LogP contribution in [0, 0.1) is 0 Å². The van der Waals surface area contributed by atoms with E-state index in [-0.39, 0.29) is 25.4 Å². The number of nitrogens with two attached hydrogens (primary N) is 1. The van der Waals surface area contributed by atoms with E-state index in [2.05, 4.69) is 0 Å². The molecule has 0 aliphatic rings. The van der Waals surface area contributed by atoms with Gasteiger partial charge in [0.1, 0.15) is 12.4 Å². The molecule has 0 aliphatic carbocycles. The van der Waals surface area contributed by atoms with Gasteiger partial charge < -0.3 is 9.15 Å². The number of carbonyl (C=O) groups excluding carboxylic acids is 1. The molecule has 8 heteroatoms. The smallest absolute Gasteiger partial charge is 0.389 e. The van der Waals surface area contributed by atoms with Gasteiger partial charge in [-0.05, 0) is 18.6 Å². The van der Waals surface area contributed by atoms with E-state index in [1.165, 1.54) is 12.1 Å². The number of nitrogen functional groups attached to an aromatic ring is 1. The third-order valence-electron chi connectivity index (χ3n) is 2.01. The maximum Gasteiger partial charge on any atom is 0.389 e. The Morgan fingerprint density at radius 3 is 2.78 bits per heavy atom. The molecule has 0 atom stereocenters. The minimum Gasteiger partial charge on any atom is -0.453 e. The summed E-state index contributed by atoms with van der Waals surface area (Å²) >= 11 is 0. The Hall–Kier alpha value is -1.54. The quantitative estimate of drug-likeness (QED) is 0.356.